The molecule has 0 saturated heterocycles. The molecule has 3 N–H and O–H groups in total. The maximum atomic E-state index is 12.2. The summed E-state index contributed by atoms with van der Waals surface area (Å²) in [7, 11) is 0. The third-order valence-electron chi connectivity index (χ3n) is 5.16. The third kappa shape index (κ3) is 4.42. The molecule has 1 aromatic heterocycles. The largest absolute Gasteiger partial charge is 0.350 e. The zero-order chi connectivity index (χ0) is 21.1. The number of rotatable bonds is 6. The van der Waals surface area contributed by atoms with Crippen LogP contribution in [0.15, 0.2) is 36.4 Å². The fourth-order valence-electron chi connectivity index (χ4n) is 3.72. The Balaban J connectivity index is 1.32. The van der Waals surface area contributed by atoms with Crippen LogP contribution in [-0.2, 0) is 19.4 Å². The number of anilines is 1. The highest BCUT2D eigenvalue weighted by Crippen LogP contribution is 2.24. The summed E-state index contributed by atoms with van der Waals surface area (Å²) < 4.78 is 1.72. The van der Waals surface area contributed by atoms with Gasteiger partial charge in [-0.3, -0.25) is 4.79 Å². The van der Waals surface area contributed by atoms with Crippen LogP contribution in [0.4, 0.5) is 10.5 Å². The SMILES string of the molecule is CC(C)NC(=O)c1ccc2c(c1)nnn2CCNC(=O)Nc1ccc2c(c1)CCC2. The number of aromatic nitrogens is 3. The van der Waals surface area contributed by atoms with Gasteiger partial charge in [-0.1, -0.05) is 11.3 Å². The van der Waals surface area contributed by atoms with Crippen molar-refractivity contribution in [2.24, 2.45) is 0 Å². The van der Waals surface area contributed by atoms with Gasteiger partial charge in [-0.15, -0.1) is 5.10 Å². The zero-order valence-corrected chi connectivity index (χ0v) is 17.2. The van der Waals surface area contributed by atoms with Gasteiger partial charge in [0.05, 0.1) is 12.1 Å². The molecule has 1 heterocycles. The molecule has 2 aromatic carbocycles. The normalized spacial score (nSPS) is 12.8. The first-order valence-corrected chi connectivity index (χ1v) is 10.3. The Labute approximate surface area is 175 Å². The van der Waals surface area contributed by atoms with Crippen molar-refractivity contribution in [1.82, 2.24) is 25.6 Å². The number of urea groups is 1. The molecule has 30 heavy (non-hydrogen) atoms. The van der Waals surface area contributed by atoms with Crippen LogP contribution >= 0.6 is 0 Å². The maximum Gasteiger partial charge on any atom is 0.319 e. The predicted octanol–water partition coefficient (Wildman–Crippen LogP) is 2.88. The van der Waals surface area contributed by atoms with Gasteiger partial charge in [-0.05, 0) is 74.6 Å². The highest BCUT2D eigenvalue weighted by molar-refractivity contribution is 5.97. The second-order valence-electron chi connectivity index (χ2n) is 7.86. The summed E-state index contributed by atoms with van der Waals surface area (Å²) in [6.45, 7) is 4.72. The molecule has 4 rings (SSSR count). The van der Waals surface area contributed by atoms with Crippen LogP contribution in [-0.4, -0.2) is 39.5 Å². The molecular formula is C22H26N6O2. The monoisotopic (exact) mass is 406 g/mol. The average Bonchev–Trinajstić information content (AvgIpc) is 3.33. The predicted molar refractivity (Wildman–Crippen MR) is 116 cm³/mol. The van der Waals surface area contributed by atoms with Gasteiger partial charge in [0, 0.05) is 23.8 Å². The molecule has 0 saturated carbocycles. The molecule has 0 fully saturated rings. The molecule has 8 heteroatoms. The summed E-state index contributed by atoms with van der Waals surface area (Å²) in [5, 5.41) is 16.9. The minimum Gasteiger partial charge on any atom is -0.350 e. The lowest BCUT2D eigenvalue weighted by molar-refractivity contribution is 0.0943. The molecule has 1 aliphatic carbocycles. The summed E-state index contributed by atoms with van der Waals surface area (Å²) in [5.74, 6) is -0.133. The van der Waals surface area contributed by atoms with Crippen LogP contribution in [0.25, 0.3) is 11.0 Å². The van der Waals surface area contributed by atoms with Gasteiger partial charge in [-0.2, -0.15) is 0 Å². The summed E-state index contributed by atoms with van der Waals surface area (Å²) in [4.78, 5) is 24.3. The Morgan fingerprint density at radius 2 is 1.93 bits per heavy atom. The summed E-state index contributed by atoms with van der Waals surface area (Å²) in [5.41, 5.74) is 5.53. The Kier molecular flexibility index (Phi) is 5.65. The molecular weight excluding hydrogens is 380 g/mol. The van der Waals surface area contributed by atoms with E-state index in [0.29, 0.717) is 24.2 Å². The number of nitrogens with one attached hydrogen (secondary N) is 3. The molecule has 0 radical (unpaired) electrons. The summed E-state index contributed by atoms with van der Waals surface area (Å²) >= 11 is 0. The molecule has 0 unspecified atom stereocenters. The summed E-state index contributed by atoms with van der Waals surface area (Å²) in [6.07, 6.45) is 3.38. The minimum atomic E-state index is -0.245. The molecule has 0 spiro atoms. The fourth-order valence-corrected chi connectivity index (χ4v) is 3.72. The van der Waals surface area contributed by atoms with Crippen LogP contribution in [0.3, 0.4) is 0 Å². The first-order chi connectivity index (χ1) is 14.5. The number of hydrogen-bond acceptors (Lipinski definition) is 4. The van der Waals surface area contributed by atoms with Crippen molar-refractivity contribution >= 4 is 28.7 Å². The number of hydrogen-bond donors (Lipinski definition) is 3. The second-order valence-corrected chi connectivity index (χ2v) is 7.86. The van der Waals surface area contributed by atoms with Gasteiger partial charge in [0.25, 0.3) is 5.91 Å². The van der Waals surface area contributed by atoms with E-state index >= 15 is 0 Å². The highest BCUT2D eigenvalue weighted by Gasteiger charge is 2.13. The van der Waals surface area contributed by atoms with Crippen LogP contribution in [0, 0.1) is 0 Å². The highest BCUT2D eigenvalue weighted by atomic mass is 16.2. The Bertz CT molecular complexity index is 1090. The molecule has 3 aromatic rings. The van der Waals surface area contributed by atoms with Gasteiger partial charge < -0.3 is 16.0 Å². The molecule has 0 aliphatic heterocycles. The molecule has 0 bridgehead atoms. The topological polar surface area (TPSA) is 101 Å². The van der Waals surface area contributed by atoms with Gasteiger partial charge >= 0.3 is 6.03 Å². The number of fused-ring (bicyclic) bond motifs is 2. The zero-order valence-electron chi connectivity index (χ0n) is 17.2. The molecule has 1 aliphatic rings. The lowest BCUT2D eigenvalue weighted by atomic mass is 10.1. The van der Waals surface area contributed by atoms with E-state index in [-0.39, 0.29) is 18.0 Å². The lowest BCUT2D eigenvalue weighted by Gasteiger charge is -2.10. The van der Waals surface area contributed by atoms with E-state index in [1.807, 2.05) is 26.0 Å². The van der Waals surface area contributed by atoms with E-state index in [4.69, 9.17) is 0 Å². The molecule has 8 nitrogen and oxygen atoms in total. The van der Waals surface area contributed by atoms with Gasteiger partial charge in [0.1, 0.15) is 5.52 Å². The van der Waals surface area contributed by atoms with E-state index in [0.717, 1.165) is 24.0 Å². The molecule has 0 atom stereocenters. The van der Waals surface area contributed by atoms with E-state index < -0.39 is 0 Å². The third-order valence-corrected chi connectivity index (χ3v) is 5.16. The summed E-state index contributed by atoms with van der Waals surface area (Å²) in [6, 6.07) is 11.2. The average molecular weight is 406 g/mol. The Morgan fingerprint density at radius 3 is 2.77 bits per heavy atom. The first kappa shape index (κ1) is 19.9. The second kappa shape index (κ2) is 8.52. The number of carbonyl (C=O) groups excluding carboxylic acids is 2. The first-order valence-electron chi connectivity index (χ1n) is 10.3. The van der Waals surface area contributed by atoms with E-state index in [9.17, 15) is 9.59 Å². The van der Waals surface area contributed by atoms with Gasteiger partial charge in [0.15, 0.2) is 0 Å². The smallest absolute Gasteiger partial charge is 0.319 e. The van der Waals surface area contributed by atoms with Crippen LogP contribution < -0.4 is 16.0 Å². The van der Waals surface area contributed by atoms with Gasteiger partial charge in [-0.25, -0.2) is 9.48 Å². The van der Waals surface area contributed by atoms with Crippen molar-refractivity contribution in [1.29, 1.82) is 0 Å². The number of amides is 3. The molecule has 3 amide bonds. The van der Waals surface area contributed by atoms with Crippen molar-refractivity contribution in [2.75, 3.05) is 11.9 Å². The molecule has 156 valence electrons. The van der Waals surface area contributed by atoms with Gasteiger partial charge in [0.2, 0.25) is 0 Å². The Hall–Kier alpha value is -3.42. The lowest BCUT2D eigenvalue weighted by Crippen LogP contribution is -2.31. The van der Waals surface area contributed by atoms with E-state index in [1.54, 1.807) is 16.8 Å². The van der Waals surface area contributed by atoms with Crippen molar-refractivity contribution < 1.29 is 9.59 Å². The number of benzene rings is 2. The van der Waals surface area contributed by atoms with Crippen LogP contribution in [0.5, 0.6) is 0 Å². The number of aryl methyl sites for hydroxylation is 2. The minimum absolute atomic E-state index is 0.0675. The number of carbonyl (C=O) groups is 2. The maximum absolute atomic E-state index is 12.2. The van der Waals surface area contributed by atoms with Crippen molar-refractivity contribution in [3.05, 3.63) is 53.1 Å². The van der Waals surface area contributed by atoms with Crippen molar-refractivity contribution in [2.45, 2.75) is 45.7 Å². The number of nitrogens with zero attached hydrogens (tertiary/aromatic N) is 3. The fraction of sp³-hybridized carbons (Fsp3) is 0.364. The van der Waals surface area contributed by atoms with E-state index in [2.05, 4.69) is 38.4 Å². The van der Waals surface area contributed by atoms with E-state index in [1.165, 1.54) is 17.5 Å². The van der Waals surface area contributed by atoms with Crippen LogP contribution in [0.1, 0.15) is 41.8 Å². The van der Waals surface area contributed by atoms with Crippen molar-refractivity contribution in [3.63, 3.8) is 0 Å². The standard InChI is InChI=1S/C22H26N6O2/c1-14(2)24-21(29)17-7-9-20-19(13-17)26-27-28(20)11-10-23-22(30)25-18-8-6-15-4-3-5-16(15)12-18/h6-9,12-14H,3-5,10-11H2,1-2H3,(H,24,29)(H2,23,25,30). The van der Waals surface area contributed by atoms with Crippen molar-refractivity contribution in [3.8, 4) is 0 Å². The van der Waals surface area contributed by atoms with Crippen LogP contribution in [0.2, 0.25) is 0 Å². The quantitative estimate of drug-likeness (QED) is 0.586. The Morgan fingerprint density at radius 1 is 1.10 bits per heavy atom.